The van der Waals surface area contributed by atoms with E-state index in [0.29, 0.717) is 54.7 Å². The summed E-state index contributed by atoms with van der Waals surface area (Å²) in [5, 5.41) is 3.73. The first kappa shape index (κ1) is 36.1. The summed E-state index contributed by atoms with van der Waals surface area (Å²) in [5.74, 6) is 1.80. The summed E-state index contributed by atoms with van der Waals surface area (Å²) < 4.78 is 16.3. The molecule has 54 heavy (non-hydrogen) atoms. The molecular formula is C41H42N8O5. The van der Waals surface area contributed by atoms with Gasteiger partial charge in [-0.1, -0.05) is 24.3 Å². The predicted molar refractivity (Wildman–Crippen MR) is 206 cm³/mol. The van der Waals surface area contributed by atoms with Gasteiger partial charge < -0.3 is 40.0 Å². The lowest BCUT2D eigenvalue weighted by Gasteiger charge is -2.27. The Kier molecular flexibility index (Phi) is 10.5. The molecule has 2 aromatic carbocycles. The smallest absolute Gasteiger partial charge is 0.268 e. The zero-order valence-corrected chi connectivity index (χ0v) is 30.6. The molecular weight excluding hydrogens is 685 g/mol. The van der Waals surface area contributed by atoms with Gasteiger partial charge in [-0.15, -0.1) is 0 Å². The van der Waals surface area contributed by atoms with Crippen LogP contribution >= 0.6 is 0 Å². The molecule has 0 saturated carbocycles. The van der Waals surface area contributed by atoms with Crippen molar-refractivity contribution in [3.8, 4) is 33.9 Å². The highest BCUT2D eigenvalue weighted by atomic mass is 16.5. The number of carbonyl (C=O) groups excluding carboxylic acids is 2. The molecule has 0 aliphatic carbocycles. The normalized spacial score (nSPS) is 15.2. The predicted octanol–water partition coefficient (Wildman–Crippen LogP) is 5.07. The Morgan fingerprint density at radius 1 is 0.852 bits per heavy atom. The molecule has 13 heteroatoms. The first-order valence-corrected chi connectivity index (χ1v) is 17.5. The van der Waals surface area contributed by atoms with Crippen LogP contribution in [0.25, 0.3) is 33.4 Å². The van der Waals surface area contributed by atoms with E-state index in [0.717, 1.165) is 44.7 Å². The van der Waals surface area contributed by atoms with Gasteiger partial charge in [0.05, 0.1) is 50.8 Å². The first-order valence-electron chi connectivity index (χ1n) is 17.5. The largest absolute Gasteiger partial charge is 0.497 e. The molecule has 2 amide bonds. The van der Waals surface area contributed by atoms with Crippen molar-refractivity contribution in [2.75, 3.05) is 46.4 Å². The molecule has 1 fully saturated rings. The summed E-state index contributed by atoms with van der Waals surface area (Å²) in [6, 6.07) is 24.7. The van der Waals surface area contributed by atoms with Gasteiger partial charge in [0.15, 0.2) is 0 Å². The minimum absolute atomic E-state index is 0.143. The number of hydrogen-bond donors (Lipinski definition) is 3. The third kappa shape index (κ3) is 7.72. The molecule has 7 rings (SSSR count). The number of amides is 2. The number of carbonyl (C=O) groups is 2. The van der Waals surface area contributed by atoms with E-state index in [2.05, 4.69) is 20.2 Å². The molecule has 276 valence electrons. The number of benzene rings is 2. The Morgan fingerprint density at radius 2 is 1.54 bits per heavy atom. The quantitative estimate of drug-likeness (QED) is 0.155. The Bertz CT molecular complexity index is 2210. The van der Waals surface area contributed by atoms with Crippen molar-refractivity contribution in [3.05, 3.63) is 120 Å². The summed E-state index contributed by atoms with van der Waals surface area (Å²) >= 11 is 0. The summed E-state index contributed by atoms with van der Waals surface area (Å²) in [7, 11) is 6.71. The van der Waals surface area contributed by atoms with Crippen molar-refractivity contribution in [3.63, 3.8) is 0 Å². The second kappa shape index (κ2) is 15.7. The van der Waals surface area contributed by atoms with Crippen LogP contribution in [-0.4, -0.2) is 90.3 Å². The lowest BCUT2D eigenvalue weighted by Crippen LogP contribution is -2.46. The van der Waals surface area contributed by atoms with Gasteiger partial charge in [-0.3, -0.25) is 14.6 Å². The van der Waals surface area contributed by atoms with Gasteiger partial charge in [-0.25, -0.2) is 9.97 Å². The Balaban J connectivity index is 1.32. The van der Waals surface area contributed by atoms with E-state index in [1.54, 1.807) is 52.8 Å². The van der Waals surface area contributed by atoms with Crippen LogP contribution in [0.2, 0.25) is 0 Å². The van der Waals surface area contributed by atoms with Gasteiger partial charge in [-0.05, 0) is 71.3 Å². The number of methoxy groups -OCH3 is 2. The van der Waals surface area contributed by atoms with Crippen LogP contribution in [0.5, 0.6) is 11.5 Å². The number of nitrogens with one attached hydrogen (secondary N) is 2. The highest BCUT2D eigenvalue weighted by Gasteiger charge is 2.27. The maximum absolute atomic E-state index is 13.3. The van der Waals surface area contributed by atoms with E-state index in [-0.39, 0.29) is 23.9 Å². The molecule has 0 bridgehead atoms. The fourth-order valence-electron chi connectivity index (χ4n) is 6.46. The average molecular weight is 727 g/mol. The standard InChI is InChI=1S/C41H42N8O5/c1-48(2)41(51)27-9-14-35(44-19-27)33-17-28(31-15-16-43-38-32(31)18-36(46-38)40(50)47-37-24-54-23-34(37)42)20-45-39(33)49(21-25-5-10-29(52-3)11-6-25)22-26-7-12-30(53-4)13-8-26/h5-20,34,37H,21-24,42H2,1-4H3,(H,43,46)(H,47,50)/t34-,37?/m0/s1. The van der Waals surface area contributed by atoms with Crippen LogP contribution in [-0.2, 0) is 17.8 Å². The minimum Gasteiger partial charge on any atom is -0.497 e. The van der Waals surface area contributed by atoms with Crippen LogP contribution in [0, 0.1) is 0 Å². The lowest BCUT2D eigenvalue weighted by molar-refractivity contribution is 0.0826. The van der Waals surface area contributed by atoms with E-state index in [4.69, 9.17) is 29.9 Å². The Labute approximate surface area is 313 Å². The summed E-state index contributed by atoms with van der Waals surface area (Å²) in [6.07, 6.45) is 5.12. The van der Waals surface area contributed by atoms with E-state index >= 15 is 0 Å². The highest BCUT2D eigenvalue weighted by Crippen LogP contribution is 2.36. The molecule has 5 heterocycles. The Morgan fingerprint density at radius 3 is 2.11 bits per heavy atom. The molecule has 4 N–H and O–H groups in total. The minimum atomic E-state index is -0.289. The molecule has 1 unspecified atom stereocenters. The number of aromatic amines is 1. The van der Waals surface area contributed by atoms with Gasteiger partial charge >= 0.3 is 0 Å². The zero-order valence-electron chi connectivity index (χ0n) is 30.6. The van der Waals surface area contributed by atoms with Crippen molar-refractivity contribution in [2.24, 2.45) is 5.73 Å². The maximum atomic E-state index is 13.3. The molecule has 13 nitrogen and oxygen atoms in total. The highest BCUT2D eigenvalue weighted by molar-refractivity contribution is 6.02. The molecule has 0 radical (unpaired) electrons. The second-order valence-electron chi connectivity index (χ2n) is 13.4. The number of ether oxygens (including phenoxy) is 3. The van der Waals surface area contributed by atoms with Gasteiger partial charge in [0.25, 0.3) is 11.8 Å². The molecule has 6 aromatic rings. The van der Waals surface area contributed by atoms with Crippen LogP contribution in [0.15, 0.2) is 97.5 Å². The zero-order chi connectivity index (χ0) is 37.8. The number of nitrogens with zero attached hydrogens (tertiary/aromatic N) is 5. The summed E-state index contributed by atoms with van der Waals surface area (Å²) in [5.41, 5.74) is 12.6. The third-order valence-corrected chi connectivity index (χ3v) is 9.45. The van der Waals surface area contributed by atoms with E-state index in [1.165, 1.54) is 4.90 Å². The SMILES string of the molecule is COc1ccc(CN(Cc2ccc(OC)cc2)c2ncc(-c3ccnc4[nH]c(C(=O)NC5COC[C@@H]5N)cc34)cc2-c2ccc(C(=O)N(C)C)cn2)cc1. The van der Waals surface area contributed by atoms with Gasteiger partial charge in [0.1, 0.15) is 28.7 Å². The van der Waals surface area contributed by atoms with E-state index in [9.17, 15) is 9.59 Å². The van der Waals surface area contributed by atoms with Crippen molar-refractivity contribution < 1.29 is 23.8 Å². The molecule has 4 aromatic heterocycles. The molecule has 1 aliphatic heterocycles. The Hall–Kier alpha value is -6.31. The van der Waals surface area contributed by atoms with Crippen LogP contribution in [0.4, 0.5) is 5.82 Å². The van der Waals surface area contributed by atoms with Crippen LogP contribution in [0.3, 0.4) is 0 Å². The number of fused-ring (bicyclic) bond motifs is 1. The van der Waals surface area contributed by atoms with Crippen molar-refractivity contribution in [2.45, 2.75) is 25.2 Å². The fourth-order valence-corrected chi connectivity index (χ4v) is 6.46. The topological polar surface area (TPSA) is 161 Å². The van der Waals surface area contributed by atoms with Crippen LogP contribution < -0.4 is 25.4 Å². The molecule has 2 atom stereocenters. The van der Waals surface area contributed by atoms with Gasteiger partial charge in [-0.2, -0.15) is 0 Å². The monoisotopic (exact) mass is 726 g/mol. The van der Waals surface area contributed by atoms with E-state index < -0.39 is 0 Å². The number of anilines is 1. The number of rotatable bonds is 12. The molecule has 1 saturated heterocycles. The van der Waals surface area contributed by atoms with Crippen molar-refractivity contribution in [1.82, 2.24) is 30.2 Å². The van der Waals surface area contributed by atoms with Crippen LogP contribution in [0.1, 0.15) is 32.0 Å². The van der Waals surface area contributed by atoms with Gasteiger partial charge in [0, 0.05) is 62.3 Å². The first-order chi connectivity index (χ1) is 26.2. The molecule has 0 spiro atoms. The summed E-state index contributed by atoms with van der Waals surface area (Å²) in [4.78, 5) is 47.4. The van der Waals surface area contributed by atoms with Crippen molar-refractivity contribution >= 4 is 28.7 Å². The second-order valence-corrected chi connectivity index (χ2v) is 13.4. The number of pyridine rings is 3. The lowest BCUT2D eigenvalue weighted by atomic mass is 10.0. The fraction of sp³-hybridized carbons (Fsp3) is 0.244. The molecule has 1 aliphatic rings. The van der Waals surface area contributed by atoms with Crippen molar-refractivity contribution in [1.29, 1.82) is 0 Å². The summed E-state index contributed by atoms with van der Waals surface area (Å²) in [6.45, 7) is 1.82. The maximum Gasteiger partial charge on any atom is 0.268 e. The number of nitrogens with two attached hydrogens (primary N) is 1. The third-order valence-electron chi connectivity index (χ3n) is 9.45. The number of H-pyrrole nitrogens is 1. The van der Waals surface area contributed by atoms with Gasteiger partial charge in [0.2, 0.25) is 0 Å². The van der Waals surface area contributed by atoms with E-state index in [1.807, 2.05) is 72.9 Å². The number of aromatic nitrogens is 4. The average Bonchev–Trinajstić information content (AvgIpc) is 3.83. The number of hydrogen-bond acceptors (Lipinski definition) is 10.